The lowest BCUT2D eigenvalue weighted by atomic mass is 10.2. The van der Waals surface area contributed by atoms with Crippen LogP contribution in [-0.2, 0) is 22.3 Å². The third-order valence-electron chi connectivity index (χ3n) is 2.69. The van der Waals surface area contributed by atoms with Gasteiger partial charge in [0, 0.05) is 10.6 Å². The molecule has 0 saturated heterocycles. The molecule has 1 heterocycles. The number of carboxylic acid groups (broad SMARTS) is 1. The summed E-state index contributed by atoms with van der Waals surface area (Å²) >= 11 is 5.70. The Bertz CT molecular complexity index is 803. The van der Waals surface area contributed by atoms with Crippen LogP contribution in [0.2, 0.25) is 5.02 Å². The molecule has 0 bridgehead atoms. The van der Waals surface area contributed by atoms with Gasteiger partial charge in [-0.3, -0.25) is 0 Å². The summed E-state index contributed by atoms with van der Waals surface area (Å²) in [6.45, 7) is -0.238. The molecule has 0 radical (unpaired) electrons. The number of carbonyl (C=O) groups is 1. The zero-order valence-corrected chi connectivity index (χ0v) is 12.6. The molecule has 0 fully saturated rings. The molecule has 0 unspecified atom stereocenters. The number of hydrogen-bond donors (Lipinski definition) is 2. The topological polar surface area (TPSA) is 96.6 Å². The van der Waals surface area contributed by atoms with Crippen LogP contribution < -0.4 is 4.72 Å². The van der Waals surface area contributed by atoms with Gasteiger partial charge >= 0.3 is 5.97 Å². The highest BCUT2D eigenvalue weighted by Gasteiger charge is 2.16. The molecule has 1 aromatic heterocycles. The van der Waals surface area contributed by atoms with Crippen molar-refractivity contribution < 1.29 is 27.1 Å². The van der Waals surface area contributed by atoms with Crippen LogP contribution in [0.25, 0.3) is 0 Å². The van der Waals surface area contributed by atoms with Crippen LogP contribution >= 0.6 is 11.6 Å². The first-order valence-corrected chi connectivity index (χ1v) is 8.03. The predicted octanol–water partition coefficient (Wildman–Crippen LogP) is 2.39. The van der Waals surface area contributed by atoms with Crippen LogP contribution in [0.3, 0.4) is 0 Å². The van der Waals surface area contributed by atoms with E-state index in [-0.39, 0.29) is 28.7 Å². The van der Waals surface area contributed by atoms with E-state index < -0.39 is 27.6 Å². The fraction of sp³-hybridized carbons (Fsp3) is 0.154. The van der Waals surface area contributed by atoms with Gasteiger partial charge in [0.25, 0.3) is 0 Å². The monoisotopic (exact) mass is 347 g/mol. The summed E-state index contributed by atoms with van der Waals surface area (Å²) in [5, 5.41) is 8.92. The van der Waals surface area contributed by atoms with Gasteiger partial charge in [0.2, 0.25) is 15.8 Å². The molecule has 1 aromatic carbocycles. The summed E-state index contributed by atoms with van der Waals surface area (Å²) < 4.78 is 44.4. The molecule has 22 heavy (non-hydrogen) atoms. The number of carboxylic acids is 1. The molecule has 2 rings (SSSR count). The number of nitrogens with one attached hydrogen (secondary N) is 1. The van der Waals surface area contributed by atoms with Gasteiger partial charge in [0.1, 0.15) is 11.6 Å². The number of sulfonamides is 1. The lowest BCUT2D eigenvalue weighted by Gasteiger charge is -2.07. The van der Waals surface area contributed by atoms with E-state index >= 15 is 0 Å². The Morgan fingerprint density at radius 1 is 1.32 bits per heavy atom. The number of halogens is 2. The Balaban J connectivity index is 2.04. The zero-order valence-electron chi connectivity index (χ0n) is 11.0. The Morgan fingerprint density at radius 2 is 2.05 bits per heavy atom. The van der Waals surface area contributed by atoms with Gasteiger partial charge in [0.05, 0.1) is 12.3 Å². The first kappa shape index (κ1) is 16.5. The molecule has 0 aliphatic carbocycles. The van der Waals surface area contributed by atoms with E-state index in [1.54, 1.807) is 0 Å². The molecule has 2 N–H and O–H groups in total. The van der Waals surface area contributed by atoms with Crippen LogP contribution in [-0.4, -0.2) is 19.5 Å². The highest BCUT2D eigenvalue weighted by Crippen LogP contribution is 2.17. The molecule has 9 heteroatoms. The van der Waals surface area contributed by atoms with Gasteiger partial charge in [-0.05, 0) is 30.3 Å². The molecular formula is C13H11ClFNO5S. The van der Waals surface area contributed by atoms with Gasteiger partial charge in [-0.1, -0.05) is 11.6 Å². The molecule has 6 nitrogen and oxygen atoms in total. The highest BCUT2D eigenvalue weighted by molar-refractivity contribution is 7.88. The second kappa shape index (κ2) is 6.47. The van der Waals surface area contributed by atoms with Gasteiger partial charge in [-0.2, -0.15) is 0 Å². The van der Waals surface area contributed by atoms with Gasteiger partial charge in [-0.25, -0.2) is 22.3 Å². The average Bonchev–Trinajstić information content (AvgIpc) is 2.90. The summed E-state index contributed by atoms with van der Waals surface area (Å²) in [4.78, 5) is 10.6. The maximum atomic E-state index is 13.5. The van der Waals surface area contributed by atoms with Crippen molar-refractivity contribution in [2.24, 2.45) is 0 Å². The maximum absolute atomic E-state index is 13.5. The normalized spacial score (nSPS) is 11.5. The molecular weight excluding hydrogens is 337 g/mol. The molecule has 0 aliphatic heterocycles. The summed E-state index contributed by atoms with van der Waals surface area (Å²) in [6.07, 6.45) is 0. The van der Waals surface area contributed by atoms with Gasteiger partial charge in [0.15, 0.2) is 0 Å². The van der Waals surface area contributed by atoms with Crippen molar-refractivity contribution in [2.75, 3.05) is 0 Å². The van der Waals surface area contributed by atoms with E-state index in [0.717, 1.165) is 6.07 Å². The van der Waals surface area contributed by atoms with Crippen LogP contribution in [0.1, 0.15) is 21.9 Å². The van der Waals surface area contributed by atoms with Crippen molar-refractivity contribution in [3.63, 3.8) is 0 Å². The SMILES string of the molecule is O=C(O)c1ccc(CNS(=O)(=O)Cc2cc(Cl)ccc2F)o1. The highest BCUT2D eigenvalue weighted by atomic mass is 35.5. The van der Waals surface area contributed by atoms with Gasteiger partial charge < -0.3 is 9.52 Å². The number of rotatable bonds is 6. The molecule has 118 valence electrons. The molecule has 0 atom stereocenters. The van der Waals surface area contributed by atoms with E-state index in [0.29, 0.717) is 0 Å². The van der Waals surface area contributed by atoms with Crippen LogP contribution in [0.5, 0.6) is 0 Å². The third-order valence-corrected chi connectivity index (χ3v) is 4.20. The van der Waals surface area contributed by atoms with Crippen molar-refractivity contribution in [1.82, 2.24) is 4.72 Å². The fourth-order valence-corrected chi connectivity index (χ4v) is 2.97. The van der Waals surface area contributed by atoms with Crippen molar-refractivity contribution in [3.05, 3.63) is 58.3 Å². The lowest BCUT2D eigenvalue weighted by Crippen LogP contribution is -2.24. The standard InChI is InChI=1S/C13H11ClFNO5S/c14-9-1-3-11(15)8(5-9)7-22(19,20)16-6-10-2-4-12(21-10)13(17)18/h1-5,16H,6-7H2,(H,17,18). The van der Waals surface area contributed by atoms with Crippen molar-refractivity contribution >= 4 is 27.6 Å². The van der Waals surface area contributed by atoms with Crippen LogP contribution in [0.15, 0.2) is 34.7 Å². The quantitative estimate of drug-likeness (QED) is 0.836. The fourth-order valence-electron chi connectivity index (χ4n) is 1.68. The largest absolute Gasteiger partial charge is 0.475 e. The van der Waals surface area contributed by atoms with Gasteiger partial charge in [-0.15, -0.1) is 0 Å². The van der Waals surface area contributed by atoms with E-state index in [1.807, 2.05) is 0 Å². The molecule has 0 aliphatic rings. The van der Waals surface area contributed by atoms with Crippen molar-refractivity contribution in [3.8, 4) is 0 Å². The van der Waals surface area contributed by atoms with E-state index in [4.69, 9.17) is 21.1 Å². The molecule has 0 amide bonds. The Labute approximate surface area is 130 Å². The summed E-state index contributed by atoms with van der Waals surface area (Å²) in [6, 6.07) is 6.18. The zero-order chi connectivity index (χ0) is 16.3. The van der Waals surface area contributed by atoms with Crippen LogP contribution in [0, 0.1) is 5.82 Å². The third kappa shape index (κ3) is 4.30. The van der Waals surface area contributed by atoms with Crippen LogP contribution in [0.4, 0.5) is 4.39 Å². The Hall–Kier alpha value is -1.90. The number of furan rings is 1. The second-order valence-electron chi connectivity index (χ2n) is 4.39. The minimum Gasteiger partial charge on any atom is -0.475 e. The van der Waals surface area contributed by atoms with E-state index in [1.165, 1.54) is 24.3 Å². The number of aromatic carboxylic acids is 1. The Kier molecular flexibility index (Phi) is 4.84. The second-order valence-corrected chi connectivity index (χ2v) is 6.63. The lowest BCUT2D eigenvalue weighted by molar-refractivity contribution is 0.0660. The van der Waals surface area contributed by atoms with Crippen molar-refractivity contribution in [1.29, 1.82) is 0 Å². The predicted molar refractivity (Wildman–Crippen MR) is 76.5 cm³/mol. The van der Waals surface area contributed by atoms with E-state index in [9.17, 15) is 17.6 Å². The number of benzene rings is 1. The van der Waals surface area contributed by atoms with Crippen molar-refractivity contribution in [2.45, 2.75) is 12.3 Å². The first-order chi connectivity index (χ1) is 10.3. The first-order valence-electron chi connectivity index (χ1n) is 6.00. The summed E-state index contributed by atoms with van der Waals surface area (Å²) in [7, 11) is -3.84. The number of hydrogen-bond acceptors (Lipinski definition) is 4. The Morgan fingerprint density at radius 3 is 2.68 bits per heavy atom. The summed E-state index contributed by atoms with van der Waals surface area (Å²) in [5.74, 6) is -2.69. The smallest absolute Gasteiger partial charge is 0.371 e. The molecule has 2 aromatic rings. The minimum atomic E-state index is -3.84. The average molecular weight is 348 g/mol. The molecule has 0 saturated carbocycles. The minimum absolute atomic E-state index is 0.0642. The molecule has 0 spiro atoms. The summed E-state index contributed by atoms with van der Waals surface area (Å²) in [5.41, 5.74) is -0.0642. The van der Waals surface area contributed by atoms with E-state index in [2.05, 4.69) is 4.72 Å². The maximum Gasteiger partial charge on any atom is 0.371 e.